The molecular weight excluding hydrogens is 336 g/mol. The van der Waals surface area contributed by atoms with Crippen molar-refractivity contribution >= 4 is 5.96 Å². The van der Waals surface area contributed by atoms with Crippen molar-refractivity contribution in [1.29, 1.82) is 0 Å². The van der Waals surface area contributed by atoms with Crippen molar-refractivity contribution in [2.24, 2.45) is 18.0 Å². The van der Waals surface area contributed by atoms with Crippen LogP contribution in [0.2, 0.25) is 0 Å². The van der Waals surface area contributed by atoms with Gasteiger partial charge in [-0.25, -0.2) is 4.99 Å². The molecule has 146 valence electrons. The number of likely N-dealkylation sites (tertiary alicyclic amines) is 1. The minimum absolute atomic E-state index is 0.551. The third-order valence-electron chi connectivity index (χ3n) is 5.67. The van der Waals surface area contributed by atoms with Crippen LogP contribution in [-0.4, -0.2) is 45.3 Å². The lowest BCUT2D eigenvalue weighted by Crippen LogP contribution is -2.48. The Morgan fingerprint density at radius 3 is 2.63 bits per heavy atom. The molecule has 0 spiro atoms. The molecule has 0 radical (unpaired) electrons. The summed E-state index contributed by atoms with van der Waals surface area (Å²) in [5.74, 6) is 4.08. The van der Waals surface area contributed by atoms with Gasteiger partial charge in [-0.1, -0.05) is 43.7 Å². The van der Waals surface area contributed by atoms with E-state index in [-0.39, 0.29) is 0 Å². The molecule has 1 N–H and O–H groups in total. The van der Waals surface area contributed by atoms with Gasteiger partial charge in [-0.3, -0.25) is 0 Å². The number of guanidine groups is 1. The number of aryl methyl sites for hydroxylation is 1. The highest BCUT2D eigenvalue weighted by atomic mass is 15.3. The third-order valence-corrected chi connectivity index (χ3v) is 5.67. The number of benzene rings is 1. The molecule has 1 saturated heterocycles. The molecule has 1 aliphatic heterocycles. The second kappa shape index (κ2) is 9.02. The topological polar surface area (TPSA) is 58.3 Å². The number of hydrogen-bond donors (Lipinski definition) is 1. The third kappa shape index (κ3) is 4.49. The minimum Gasteiger partial charge on any atom is -0.357 e. The minimum atomic E-state index is 0.551. The predicted molar refractivity (Wildman–Crippen MR) is 110 cm³/mol. The van der Waals surface area contributed by atoms with Gasteiger partial charge < -0.3 is 14.8 Å². The molecule has 2 atom stereocenters. The number of rotatable bonds is 5. The van der Waals surface area contributed by atoms with Gasteiger partial charge >= 0.3 is 0 Å². The van der Waals surface area contributed by atoms with Crippen LogP contribution in [0.5, 0.6) is 0 Å². The van der Waals surface area contributed by atoms with E-state index in [1.54, 1.807) is 0 Å². The van der Waals surface area contributed by atoms with Crippen LogP contribution in [0, 0.1) is 12.8 Å². The Bertz CT molecular complexity index is 751. The van der Waals surface area contributed by atoms with E-state index in [9.17, 15) is 0 Å². The number of aliphatic imine (C=N–C) groups is 1. The van der Waals surface area contributed by atoms with E-state index >= 15 is 0 Å². The van der Waals surface area contributed by atoms with E-state index in [0.29, 0.717) is 18.4 Å². The first-order chi connectivity index (χ1) is 13.1. The fraction of sp³-hybridized carbons (Fsp3) is 0.571. The summed E-state index contributed by atoms with van der Waals surface area (Å²) in [7, 11) is 1.99. The van der Waals surface area contributed by atoms with Crippen molar-refractivity contribution < 1.29 is 0 Å². The standard InChI is InChI=1S/C21H32N6/c1-5-17-15-27(13-12-19(17)18-10-8-7-9-11-18)21(22-6-2)23-14-20-25-24-16(3)26(20)4/h7-11,17,19H,5-6,12-15H2,1-4H3,(H,22,23). The van der Waals surface area contributed by atoms with E-state index < -0.39 is 0 Å². The molecule has 0 saturated carbocycles. The van der Waals surface area contributed by atoms with Crippen LogP contribution in [0.4, 0.5) is 0 Å². The maximum Gasteiger partial charge on any atom is 0.194 e. The Kier molecular flexibility index (Phi) is 6.48. The fourth-order valence-electron chi connectivity index (χ4n) is 3.94. The predicted octanol–water partition coefficient (Wildman–Crippen LogP) is 3.10. The van der Waals surface area contributed by atoms with Crippen LogP contribution < -0.4 is 5.32 Å². The molecule has 1 aromatic carbocycles. The van der Waals surface area contributed by atoms with Gasteiger partial charge in [0, 0.05) is 26.7 Å². The van der Waals surface area contributed by atoms with Gasteiger partial charge in [-0.2, -0.15) is 0 Å². The fourth-order valence-corrected chi connectivity index (χ4v) is 3.94. The lowest BCUT2D eigenvalue weighted by atomic mass is 9.79. The second-order valence-corrected chi connectivity index (χ2v) is 7.31. The smallest absolute Gasteiger partial charge is 0.194 e. The molecular formula is C21H32N6. The Balaban J connectivity index is 1.73. The van der Waals surface area contributed by atoms with Crippen molar-refractivity contribution in [1.82, 2.24) is 25.0 Å². The number of aromatic nitrogens is 3. The molecule has 3 rings (SSSR count). The summed E-state index contributed by atoms with van der Waals surface area (Å²) in [5, 5.41) is 11.8. The highest BCUT2D eigenvalue weighted by Gasteiger charge is 2.30. The monoisotopic (exact) mass is 368 g/mol. The van der Waals surface area contributed by atoms with Gasteiger partial charge in [0.25, 0.3) is 0 Å². The molecule has 6 heteroatoms. The lowest BCUT2D eigenvalue weighted by molar-refractivity contribution is 0.215. The summed E-state index contributed by atoms with van der Waals surface area (Å²) >= 11 is 0. The molecule has 1 fully saturated rings. The maximum absolute atomic E-state index is 4.86. The Hall–Kier alpha value is -2.37. The average molecular weight is 369 g/mol. The first kappa shape index (κ1) is 19.4. The normalized spacial score (nSPS) is 20.7. The van der Waals surface area contributed by atoms with E-state index in [1.165, 1.54) is 12.0 Å². The van der Waals surface area contributed by atoms with Crippen molar-refractivity contribution in [3.05, 3.63) is 47.5 Å². The molecule has 2 heterocycles. The number of piperidine rings is 1. The Morgan fingerprint density at radius 2 is 2.00 bits per heavy atom. The summed E-state index contributed by atoms with van der Waals surface area (Å²) in [6.07, 6.45) is 2.34. The summed E-state index contributed by atoms with van der Waals surface area (Å²) in [4.78, 5) is 7.27. The SMILES string of the molecule is CCNC(=NCc1nnc(C)n1C)N1CCC(c2ccccc2)C(CC)C1. The van der Waals surface area contributed by atoms with Crippen molar-refractivity contribution in [3.63, 3.8) is 0 Å². The second-order valence-electron chi connectivity index (χ2n) is 7.31. The summed E-state index contributed by atoms with van der Waals surface area (Å²) in [6, 6.07) is 11.0. The van der Waals surface area contributed by atoms with Crippen molar-refractivity contribution in [2.45, 2.75) is 46.1 Å². The van der Waals surface area contributed by atoms with E-state index in [0.717, 1.165) is 43.7 Å². The molecule has 2 aromatic rings. The van der Waals surface area contributed by atoms with E-state index in [1.807, 2.05) is 18.5 Å². The van der Waals surface area contributed by atoms with E-state index in [4.69, 9.17) is 4.99 Å². The molecule has 6 nitrogen and oxygen atoms in total. The van der Waals surface area contributed by atoms with Crippen molar-refractivity contribution in [3.8, 4) is 0 Å². The van der Waals surface area contributed by atoms with Gasteiger partial charge in [0.2, 0.25) is 0 Å². The zero-order valence-corrected chi connectivity index (χ0v) is 17.0. The maximum atomic E-state index is 4.86. The molecule has 27 heavy (non-hydrogen) atoms. The molecule has 1 aromatic heterocycles. The van der Waals surface area contributed by atoms with Gasteiger partial charge in [-0.15, -0.1) is 10.2 Å². The van der Waals surface area contributed by atoms with Gasteiger partial charge in [0.15, 0.2) is 11.8 Å². The molecule has 1 aliphatic rings. The first-order valence-corrected chi connectivity index (χ1v) is 10.1. The molecule has 0 aliphatic carbocycles. The number of nitrogens with one attached hydrogen (secondary N) is 1. The van der Waals surface area contributed by atoms with E-state index in [2.05, 4.69) is 64.6 Å². The molecule has 0 bridgehead atoms. The van der Waals surface area contributed by atoms with Crippen LogP contribution in [0.25, 0.3) is 0 Å². The summed E-state index contributed by atoms with van der Waals surface area (Å²) in [6.45, 7) is 9.87. The first-order valence-electron chi connectivity index (χ1n) is 10.1. The van der Waals surface area contributed by atoms with Crippen molar-refractivity contribution in [2.75, 3.05) is 19.6 Å². The van der Waals surface area contributed by atoms with Crippen LogP contribution in [0.1, 0.15) is 49.8 Å². The largest absolute Gasteiger partial charge is 0.357 e. The van der Waals surface area contributed by atoms with Crippen LogP contribution in [-0.2, 0) is 13.6 Å². The van der Waals surface area contributed by atoms with Gasteiger partial charge in [0.05, 0.1) is 0 Å². The number of nitrogens with zero attached hydrogens (tertiary/aromatic N) is 5. The zero-order valence-electron chi connectivity index (χ0n) is 17.0. The quantitative estimate of drug-likeness (QED) is 0.651. The average Bonchev–Trinajstić information content (AvgIpc) is 3.03. The highest BCUT2D eigenvalue weighted by molar-refractivity contribution is 5.80. The molecule has 2 unspecified atom stereocenters. The van der Waals surface area contributed by atoms with Gasteiger partial charge in [-0.05, 0) is 37.7 Å². The molecule has 0 amide bonds. The van der Waals surface area contributed by atoms with Gasteiger partial charge in [0.1, 0.15) is 12.4 Å². The van der Waals surface area contributed by atoms with Crippen LogP contribution in [0.15, 0.2) is 35.3 Å². The van der Waals surface area contributed by atoms with Crippen LogP contribution in [0.3, 0.4) is 0 Å². The zero-order chi connectivity index (χ0) is 19.2. The summed E-state index contributed by atoms with van der Waals surface area (Å²) in [5.41, 5.74) is 1.47. The summed E-state index contributed by atoms with van der Waals surface area (Å²) < 4.78 is 2.00. The highest BCUT2D eigenvalue weighted by Crippen LogP contribution is 2.34. The van der Waals surface area contributed by atoms with Crippen LogP contribution >= 0.6 is 0 Å². The number of hydrogen-bond acceptors (Lipinski definition) is 3. The Morgan fingerprint density at radius 1 is 1.22 bits per heavy atom. The lowest BCUT2D eigenvalue weighted by Gasteiger charge is -2.40. The Labute approximate surface area is 162 Å².